The van der Waals surface area contributed by atoms with E-state index in [0.29, 0.717) is 11.3 Å². The average molecular weight is 385 g/mol. The van der Waals surface area contributed by atoms with Gasteiger partial charge in [0, 0.05) is 0 Å². The van der Waals surface area contributed by atoms with Crippen LogP contribution in [-0.2, 0) is 12.8 Å². The molecule has 4 rings (SSSR count). The summed E-state index contributed by atoms with van der Waals surface area (Å²) in [6.45, 7) is 9.84. The van der Waals surface area contributed by atoms with Crippen LogP contribution in [0.2, 0.25) is 0 Å². The Hall–Kier alpha value is -1.02. The van der Waals surface area contributed by atoms with Gasteiger partial charge in [-0.3, -0.25) is 0 Å². The predicted molar refractivity (Wildman–Crippen MR) is 116 cm³/mol. The minimum absolute atomic E-state index is 0.156. The summed E-state index contributed by atoms with van der Waals surface area (Å²) in [5, 5.41) is 10.4. The quantitative estimate of drug-likeness (QED) is 0.585. The minimum atomic E-state index is -0.156. The van der Waals surface area contributed by atoms with Gasteiger partial charge in [-0.15, -0.1) is 0 Å². The summed E-state index contributed by atoms with van der Waals surface area (Å²) < 4.78 is 6.17. The lowest BCUT2D eigenvalue weighted by molar-refractivity contribution is -0.0180. The highest BCUT2D eigenvalue weighted by molar-refractivity contribution is 5.46. The lowest BCUT2D eigenvalue weighted by Crippen LogP contribution is -2.44. The molecular weight excluding hydrogens is 344 g/mol. The fourth-order valence-corrected chi connectivity index (χ4v) is 7.22. The van der Waals surface area contributed by atoms with Crippen molar-refractivity contribution in [1.29, 1.82) is 0 Å². The van der Waals surface area contributed by atoms with Gasteiger partial charge in [0.15, 0.2) is 0 Å². The first-order chi connectivity index (χ1) is 13.5. The zero-order chi connectivity index (χ0) is 19.9. The molecule has 6 atom stereocenters. The SMILES string of the molecule is CCCCOc1cc2c(cc1CC)[C@H]1CC[C@]3(C)[C@@H](C(C)O)CC[C@H]3[C@@H]1CC2. The molecule has 156 valence electrons. The highest BCUT2D eigenvalue weighted by Crippen LogP contribution is 2.63. The van der Waals surface area contributed by atoms with Crippen LogP contribution in [0.3, 0.4) is 0 Å². The largest absolute Gasteiger partial charge is 0.493 e. The Kier molecular flexibility index (Phi) is 5.80. The Morgan fingerprint density at radius 3 is 2.71 bits per heavy atom. The van der Waals surface area contributed by atoms with Crippen LogP contribution in [0, 0.1) is 23.2 Å². The van der Waals surface area contributed by atoms with Crippen molar-refractivity contribution in [3.05, 3.63) is 28.8 Å². The van der Waals surface area contributed by atoms with Crippen LogP contribution in [0.25, 0.3) is 0 Å². The number of aliphatic hydroxyl groups is 1. The molecule has 3 aliphatic carbocycles. The van der Waals surface area contributed by atoms with Gasteiger partial charge < -0.3 is 9.84 Å². The monoisotopic (exact) mass is 384 g/mol. The van der Waals surface area contributed by atoms with E-state index in [1.54, 1.807) is 11.1 Å². The van der Waals surface area contributed by atoms with Gasteiger partial charge in [0.2, 0.25) is 0 Å². The Morgan fingerprint density at radius 1 is 1.18 bits per heavy atom. The second-order valence-electron chi connectivity index (χ2n) is 10.1. The van der Waals surface area contributed by atoms with Crippen LogP contribution < -0.4 is 4.74 Å². The number of rotatable bonds is 6. The maximum Gasteiger partial charge on any atom is 0.122 e. The number of benzene rings is 1. The third-order valence-corrected chi connectivity index (χ3v) is 8.70. The van der Waals surface area contributed by atoms with Crippen molar-refractivity contribution in [3.8, 4) is 5.75 Å². The summed E-state index contributed by atoms with van der Waals surface area (Å²) in [5.74, 6) is 3.98. The van der Waals surface area contributed by atoms with E-state index in [4.69, 9.17) is 4.74 Å². The van der Waals surface area contributed by atoms with Crippen LogP contribution in [-0.4, -0.2) is 17.8 Å². The van der Waals surface area contributed by atoms with E-state index >= 15 is 0 Å². The van der Waals surface area contributed by atoms with E-state index in [1.165, 1.54) is 50.5 Å². The van der Waals surface area contributed by atoms with Gasteiger partial charge in [-0.05, 0) is 110 Å². The van der Waals surface area contributed by atoms with Crippen molar-refractivity contribution in [2.24, 2.45) is 23.2 Å². The van der Waals surface area contributed by atoms with Gasteiger partial charge >= 0.3 is 0 Å². The first-order valence-electron chi connectivity index (χ1n) is 12.0. The van der Waals surface area contributed by atoms with Gasteiger partial charge in [0.05, 0.1) is 12.7 Å². The van der Waals surface area contributed by atoms with Crippen LogP contribution in [0.5, 0.6) is 5.75 Å². The van der Waals surface area contributed by atoms with E-state index < -0.39 is 0 Å². The predicted octanol–water partition coefficient (Wildman–Crippen LogP) is 6.28. The van der Waals surface area contributed by atoms with E-state index in [-0.39, 0.29) is 6.10 Å². The second kappa shape index (κ2) is 8.01. The summed E-state index contributed by atoms with van der Waals surface area (Å²) in [6.07, 6.45) is 10.9. The molecule has 2 nitrogen and oxygen atoms in total. The molecule has 3 aliphatic rings. The highest BCUT2D eigenvalue weighted by atomic mass is 16.5. The van der Waals surface area contributed by atoms with Crippen molar-refractivity contribution >= 4 is 0 Å². The Balaban J connectivity index is 1.60. The summed E-state index contributed by atoms with van der Waals surface area (Å²) in [7, 11) is 0. The maximum absolute atomic E-state index is 10.4. The Labute approximate surface area is 172 Å². The van der Waals surface area contributed by atoms with Crippen LogP contribution in [0.4, 0.5) is 0 Å². The Morgan fingerprint density at radius 2 is 2.00 bits per heavy atom. The number of aliphatic hydroxyl groups excluding tert-OH is 1. The molecule has 28 heavy (non-hydrogen) atoms. The molecular formula is C26H40O2. The molecule has 1 aromatic carbocycles. The van der Waals surface area contributed by atoms with Crippen molar-refractivity contribution in [2.45, 2.75) is 97.5 Å². The van der Waals surface area contributed by atoms with Crippen LogP contribution in [0.1, 0.15) is 95.2 Å². The maximum atomic E-state index is 10.4. The molecule has 0 aromatic heterocycles. The van der Waals surface area contributed by atoms with Gasteiger partial charge in [-0.25, -0.2) is 0 Å². The molecule has 0 aliphatic heterocycles. The topological polar surface area (TPSA) is 29.5 Å². The molecule has 0 saturated heterocycles. The molecule has 2 saturated carbocycles. The normalized spacial score (nSPS) is 35.0. The molecule has 0 bridgehead atoms. The zero-order valence-electron chi connectivity index (χ0n) is 18.5. The van der Waals surface area contributed by atoms with E-state index in [0.717, 1.165) is 43.0 Å². The van der Waals surface area contributed by atoms with Crippen LogP contribution in [0.15, 0.2) is 12.1 Å². The molecule has 0 heterocycles. The van der Waals surface area contributed by atoms with Crippen LogP contribution >= 0.6 is 0 Å². The molecule has 0 radical (unpaired) electrons. The number of fused-ring (bicyclic) bond motifs is 5. The van der Waals surface area contributed by atoms with E-state index in [9.17, 15) is 5.11 Å². The third kappa shape index (κ3) is 3.30. The van der Waals surface area contributed by atoms with Crippen molar-refractivity contribution < 1.29 is 9.84 Å². The number of hydrogen-bond donors (Lipinski definition) is 1. The molecule has 2 heteroatoms. The van der Waals surface area contributed by atoms with Crippen molar-refractivity contribution in [3.63, 3.8) is 0 Å². The number of unbranched alkanes of at least 4 members (excludes halogenated alkanes) is 1. The summed E-state index contributed by atoms with van der Waals surface area (Å²) in [6, 6.07) is 4.90. The standard InChI is InChI=1S/C26H40O2/c1-5-7-14-28-25-16-19-8-9-21-20(22(19)15-18(25)6-2)12-13-26(4)23(17(3)27)10-11-24(21)26/h15-17,20-21,23-24,27H,5-14H2,1-4H3/t17?,20-,21+,23+,24-,26+/m0/s1. The van der Waals surface area contributed by atoms with Gasteiger partial charge in [0.1, 0.15) is 5.75 Å². The number of aryl methyl sites for hydroxylation is 2. The smallest absolute Gasteiger partial charge is 0.122 e. The molecule has 0 spiro atoms. The third-order valence-electron chi connectivity index (χ3n) is 8.70. The fourth-order valence-electron chi connectivity index (χ4n) is 7.22. The van der Waals surface area contributed by atoms with Gasteiger partial charge in [0.25, 0.3) is 0 Å². The molecule has 1 unspecified atom stereocenters. The number of ether oxygens (including phenoxy) is 1. The first kappa shape index (κ1) is 20.3. The summed E-state index contributed by atoms with van der Waals surface area (Å²) in [5.41, 5.74) is 4.94. The zero-order valence-corrected chi connectivity index (χ0v) is 18.5. The first-order valence-corrected chi connectivity index (χ1v) is 12.0. The lowest BCUT2D eigenvalue weighted by Gasteiger charge is -2.51. The van der Waals surface area contributed by atoms with E-state index in [1.807, 2.05) is 6.92 Å². The molecule has 0 amide bonds. The average Bonchev–Trinajstić information content (AvgIpc) is 3.04. The van der Waals surface area contributed by atoms with Gasteiger partial charge in [-0.1, -0.05) is 33.3 Å². The van der Waals surface area contributed by atoms with Crippen molar-refractivity contribution in [2.75, 3.05) is 6.61 Å². The molecule has 1 aromatic rings. The number of hydrogen-bond acceptors (Lipinski definition) is 2. The summed E-state index contributed by atoms with van der Waals surface area (Å²) >= 11 is 0. The molecule has 2 fully saturated rings. The molecule has 1 N–H and O–H groups in total. The minimum Gasteiger partial charge on any atom is -0.493 e. The van der Waals surface area contributed by atoms with Gasteiger partial charge in [-0.2, -0.15) is 0 Å². The Bertz CT molecular complexity index is 694. The van der Waals surface area contributed by atoms with Crippen molar-refractivity contribution in [1.82, 2.24) is 0 Å². The second-order valence-corrected chi connectivity index (χ2v) is 10.1. The highest BCUT2D eigenvalue weighted by Gasteiger charge is 2.55. The summed E-state index contributed by atoms with van der Waals surface area (Å²) in [4.78, 5) is 0. The van der Waals surface area contributed by atoms with E-state index in [2.05, 4.69) is 32.9 Å². The lowest BCUT2D eigenvalue weighted by atomic mass is 9.53. The fraction of sp³-hybridized carbons (Fsp3) is 0.769.